The molecule has 0 spiro atoms. The quantitative estimate of drug-likeness (QED) is 0.486. The third kappa shape index (κ3) is 4.53. The van der Waals surface area contributed by atoms with Crippen molar-refractivity contribution >= 4 is 17.7 Å². The van der Waals surface area contributed by atoms with Crippen LogP contribution in [-0.2, 0) is 17.8 Å². The van der Waals surface area contributed by atoms with E-state index in [4.69, 9.17) is 20.8 Å². The number of carbonyl (C=O) groups excluding carboxylic acids is 1. The Bertz CT molecular complexity index is 1210. The van der Waals surface area contributed by atoms with E-state index >= 15 is 0 Å². The minimum absolute atomic E-state index is 0.248. The summed E-state index contributed by atoms with van der Waals surface area (Å²) in [6, 6.07) is 5.76. The molecule has 0 unspecified atom stereocenters. The molecule has 9 nitrogen and oxygen atoms in total. The van der Waals surface area contributed by atoms with Gasteiger partial charge in [0.15, 0.2) is 5.82 Å². The molecule has 0 atom stereocenters. The fourth-order valence-electron chi connectivity index (χ4n) is 4.82. The summed E-state index contributed by atoms with van der Waals surface area (Å²) in [6.45, 7) is 8.10. The van der Waals surface area contributed by atoms with Crippen molar-refractivity contribution in [3.8, 4) is 5.69 Å². The molecule has 0 radical (unpaired) electrons. The molecule has 1 fully saturated rings. The number of aryl methyl sites for hydroxylation is 1. The van der Waals surface area contributed by atoms with Gasteiger partial charge in [-0.2, -0.15) is 0 Å². The summed E-state index contributed by atoms with van der Waals surface area (Å²) in [5, 5.41) is 17.9. The molecule has 0 N–H and O–H groups in total. The highest BCUT2D eigenvalue weighted by Crippen LogP contribution is 2.41. The van der Waals surface area contributed by atoms with Crippen molar-refractivity contribution in [2.45, 2.75) is 83.9 Å². The van der Waals surface area contributed by atoms with Crippen LogP contribution < -0.4 is 0 Å². The number of nitrogens with zero attached hydrogens (tertiary/aromatic N) is 6. The van der Waals surface area contributed by atoms with Crippen molar-refractivity contribution in [3.63, 3.8) is 0 Å². The van der Waals surface area contributed by atoms with E-state index in [1.165, 1.54) is 0 Å². The Hall–Kier alpha value is -2.94. The number of carbonyl (C=O) groups is 1. The highest BCUT2D eigenvalue weighted by Gasteiger charge is 2.34. The van der Waals surface area contributed by atoms with Crippen LogP contribution in [0.2, 0.25) is 5.02 Å². The zero-order valence-electron chi connectivity index (χ0n) is 19.9. The molecule has 3 heterocycles. The van der Waals surface area contributed by atoms with Crippen LogP contribution in [0.15, 0.2) is 22.6 Å². The Morgan fingerprint density at radius 3 is 2.47 bits per heavy atom. The molecular formula is C24H29ClN6O3. The molecule has 2 aliphatic rings. The average Bonchev–Trinajstić information content (AvgIpc) is 3.35. The maximum Gasteiger partial charge on any atom is 0.411 e. The van der Waals surface area contributed by atoms with Crippen LogP contribution in [-0.4, -0.2) is 41.6 Å². The fraction of sp³-hybridized carbons (Fsp3) is 0.542. The van der Waals surface area contributed by atoms with Gasteiger partial charge >= 0.3 is 6.09 Å². The first kappa shape index (κ1) is 22.8. The summed E-state index contributed by atoms with van der Waals surface area (Å²) in [4.78, 5) is 14.6. The third-order valence-electron chi connectivity index (χ3n) is 6.37. The van der Waals surface area contributed by atoms with Crippen molar-refractivity contribution in [2.24, 2.45) is 0 Å². The Labute approximate surface area is 203 Å². The Morgan fingerprint density at radius 1 is 1.06 bits per heavy atom. The summed E-state index contributed by atoms with van der Waals surface area (Å²) in [7, 11) is 0. The number of aromatic nitrogens is 5. The SMILES string of the molecule is Cc1nnc([C@H]2CC[C@H](c3nnc4n3-c3ccc(Cl)cc3CN(C(=O)OC(C)(C)C)C4)CC2)o1. The van der Waals surface area contributed by atoms with Gasteiger partial charge in [-0.25, -0.2) is 4.79 Å². The van der Waals surface area contributed by atoms with Crippen LogP contribution in [0, 0.1) is 6.92 Å². The number of hydrogen-bond donors (Lipinski definition) is 0. The second kappa shape index (κ2) is 8.69. The number of benzene rings is 1. The zero-order valence-corrected chi connectivity index (χ0v) is 20.7. The van der Waals surface area contributed by atoms with Crippen LogP contribution in [0.4, 0.5) is 4.79 Å². The molecule has 10 heteroatoms. The van der Waals surface area contributed by atoms with Gasteiger partial charge in [0.1, 0.15) is 11.4 Å². The first-order valence-corrected chi connectivity index (χ1v) is 12.1. The van der Waals surface area contributed by atoms with Crippen LogP contribution in [0.5, 0.6) is 0 Å². The van der Waals surface area contributed by atoms with E-state index in [0.717, 1.165) is 54.5 Å². The van der Waals surface area contributed by atoms with Gasteiger partial charge in [0.05, 0.1) is 18.8 Å². The monoisotopic (exact) mass is 484 g/mol. The Kier molecular flexibility index (Phi) is 5.83. The van der Waals surface area contributed by atoms with Gasteiger partial charge in [0.2, 0.25) is 11.8 Å². The summed E-state index contributed by atoms with van der Waals surface area (Å²) >= 11 is 6.33. The maximum atomic E-state index is 12.9. The summed E-state index contributed by atoms with van der Waals surface area (Å²) < 4.78 is 13.4. The van der Waals surface area contributed by atoms with Crippen molar-refractivity contribution in [2.75, 3.05) is 0 Å². The van der Waals surface area contributed by atoms with Gasteiger partial charge in [0.25, 0.3) is 0 Å². The van der Waals surface area contributed by atoms with E-state index in [2.05, 4.69) is 25.0 Å². The van der Waals surface area contributed by atoms with Gasteiger partial charge < -0.3 is 9.15 Å². The summed E-state index contributed by atoms with van der Waals surface area (Å²) in [6.07, 6.45) is 3.41. The molecule has 0 bridgehead atoms. The van der Waals surface area contributed by atoms with Crippen LogP contribution in [0.3, 0.4) is 0 Å². The molecule has 0 saturated heterocycles. The van der Waals surface area contributed by atoms with Gasteiger partial charge in [0, 0.05) is 23.8 Å². The number of rotatable bonds is 2. The van der Waals surface area contributed by atoms with Crippen LogP contribution in [0.25, 0.3) is 5.69 Å². The molecule has 2 aromatic heterocycles. The van der Waals surface area contributed by atoms with Gasteiger partial charge in [-0.05, 0) is 70.2 Å². The van der Waals surface area contributed by atoms with Gasteiger partial charge in [-0.3, -0.25) is 9.47 Å². The Morgan fingerprint density at radius 2 is 1.79 bits per heavy atom. The van der Waals surface area contributed by atoms with E-state index in [9.17, 15) is 4.79 Å². The number of hydrogen-bond acceptors (Lipinski definition) is 7. The van der Waals surface area contributed by atoms with Crippen molar-refractivity contribution in [1.82, 2.24) is 29.9 Å². The number of fused-ring (bicyclic) bond motifs is 3. The summed E-state index contributed by atoms with van der Waals surface area (Å²) in [5.41, 5.74) is 1.31. The number of halogens is 1. The van der Waals surface area contributed by atoms with Gasteiger partial charge in [-0.1, -0.05) is 11.6 Å². The topological polar surface area (TPSA) is 99.2 Å². The van der Waals surface area contributed by atoms with Gasteiger partial charge in [-0.15, -0.1) is 20.4 Å². The predicted octanol–water partition coefficient (Wildman–Crippen LogP) is 5.30. The molecule has 1 aliphatic carbocycles. The molecule has 3 aromatic rings. The second-order valence-corrected chi connectivity index (χ2v) is 10.6. The van der Waals surface area contributed by atoms with E-state index in [0.29, 0.717) is 24.0 Å². The average molecular weight is 485 g/mol. The number of amides is 1. The number of ether oxygens (including phenoxy) is 1. The molecule has 5 rings (SSSR count). The minimum Gasteiger partial charge on any atom is -0.444 e. The maximum absolute atomic E-state index is 12.9. The van der Waals surface area contributed by atoms with E-state index in [1.807, 2.05) is 45.9 Å². The lowest BCUT2D eigenvalue weighted by atomic mass is 9.81. The van der Waals surface area contributed by atoms with Crippen LogP contribution in [0.1, 0.15) is 87.3 Å². The van der Waals surface area contributed by atoms with E-state index in [-0.39, 0.29) is 17.9 Å². The van der Waals surface area contributed by atoms with Crippen molar-refractivity contribution < 1.29 is 13.9 Å². The van der Waals surface area contributed by atoms with E-state index < -0.39 is 5.60 Å². The van der Waals surface area contributed by atoms with Crippen molar-refractivity contribution in [3.05, 3.63) is 52.2 Å². The Balaban J connectivity index is 1.44. The highest BCUT2D eigenvalue weighted by molar-refractivity contribution is 6.30. The predicted molar refractivity (Wildman–Crippen MR) is 125 cm³/mol. The van der Waals surface area contributed by atoms with E-state index in [1.54, 1.807) is 4.90 Å². The normalized spacial score (nSPS) is 20.4. The first-order valence-electron chi connectivity index (χ1n) is 11.7. The molecule has 1 saturated carbocycles. The third-order valence-corrected chi connectivity index (χ3v) is 6.60. The zero-order chi connectivity index (χ0) is 24.0. The molecule has 180 valence electrons. The highest BCUT2D eigenvalue weighted by atomic mass is 35.5. The molecule has 1 amide bonds. The lowest BCUT2D eigenvalue weighted by Gasteiger charge is -2.26. The lowest BCUT2D eigenvalue weighted by molar-refractivity contribution is 0.0214. The van der Waals surface area contributed by atoms with Crippen LogP contribution >= 0.6 is 11.6 Å². The molecule has 34 heavy (non-hydrogen) atoms. The minimum atomic E-state index is -0.588. The second-order valence-electron chi connectivity index (χ2n) is 10.1. The molecular weight excluding hydrogens is 456 g/mol. The molecule has 1 aliphatic heterocycles. The van der Waals surface area contributed by atoms with Crippen molar-refractivity contribution in [1.29, 1.82) is 0 Å². The lowest BCUT2D eigenvalue weighted by Crippen LogP contribution is -2.35. The summed E-state index contributed by atoms with van der Waals surface area (Å²) in [5.74, 6) is 3.49. The first-order chi connectivity index (χ1) is 16.2. The standard InChI is InChI=1S/C24H29ClN6O3/c1-14-26-29-22(33-14)16-7-5-15(6-8-16)21-28-27-20-13-30(23(32)34-24(2,3)4)12-17-11-18(25)9-10-19(17)31(20)21/h9-11,15-16H,5-8,12-13H2,1-4H3/t15-,16-. The fourth-order valence-corrected chi connectivity index (χ4v) is 5.02. The largest absolute Gasteiger partial charge is 0.444 e. The molecule has 1 aromatic carbocycles. The smallest absolute Gasteiger partial charge is 0.411 e.